The molecule has 0 aliphatic heterocycles. The Morgan fingerprint density at radius 3 is 1.80 bits per heavy atom. The number of ether oxygens (including phenoxy) is 1. The number of hydrogen-bond acceptors (Lipinski definition) is 4. The van der Waals surface area contributed by atoms with Gasteiger partial charge >= 0.3 is 11.9 Å². The van der Waals surface area contributed by atoms with Crippen molar-refractivity contribution in [1.82, 2.24) is 0 Å². The molecule has 2 aromatic carbocycles. The first-order chi connectivity index (χ1) is 9.45. The van der Waals surface area contributed by atoms with Gasteiger partial charge in [0.25, 0.3) is 0 Å². The van der Waals surface area contributed by atoms with Crippen LogP contribution < -0.4 is 10.5 Å². The molecule has 2 rings (SSSR count). The Bertz CT molecular complexity index is 632. The van der Waals surface area contributed by atoms with Gasteiger partial charge in [-0.2, -0.15) is 0 Å². The molecule has 0 aliphatic carbocycles. The molecule has 0 aliphatic rings. The molecule has 2 aromatic rings. The monoisotopic (exact) mass is 273 g/mol. The number of nitrogen functional groups attached to an aromatic ring is 1. The van der Waals surface area contributed by atoms with E-state index in [-0.39, 0.29) is 16.9 Å². The van der Waals surface area contributed by atoms with Gasteiger partial charge in [-0.1, -0.05) is 0 Å². The summed E-state index contributed by atoms with van der Waals surface area (Å²) in [5.41, 5.74) is 5.78. The molecule has 0 spiro atoms. The molecule has 20 heavy (non-hydrogen) atoms. The van der Waals surface area contributed by atoms with Gasteiger partial charge in [0.1, 0.15) is 11.5 Å². The summed E-state index contributed by atoms with van der Waals surface area (Å²) in [6, 6.07) is 10.0. The van der Waals surface area contributed by atoms with Crippen molar-refractivity contribution < 1.29 is 24.5 Å². The highest BCUT2D eigenvalue weighted by Crippen LogP contribution is 2.25. The van der Waals surface area contributed by atoms with E-state index in [4.69, 9.17) is 20.7 Å². The van der Waals surface area contributed by atoms with E-state index in [0.29, 0.717) is 11.4 Å². The minimum Gasteiger partial charge on any atom is -0.478 e. The first kappa shape index (κ1) is 13.4. The van der Waals surface area contributed by atoms with Gasteiger partial charge in [0, 0.05) is 5.69 Å². The Balaban J connectivity index is 2.37. The summed E-state index contributed by atoms with van der Waals surface area (Å²) in [7, 11) is 0. The summed E-state index contributed by atoms with van der Waals surface area (Å²) in [6.07, 6.45) is 0. The van der Waals surface area contributed by atoms with Gasteiger partial charge in [0.2, 0.25) is 0 Å². The summed E-state index contributed by atoms with van der Waals surface area (Å²) in [6.45, 7) is 0. The van der Waals surface area contributed by atoms with Crippen LogP contribution in [0.5, 0.6) is 11.5 Å². The molecule has 102 valence electrons. The van der Waals surface area contributed by atoms with E-state index in [1.165, 1.54) is 12.1 Å². The normalized spacial score (nSPS) is 10.0. The van der Waals surface area contributed by atoms with E-state index in [0.717, 1.165) is 6.07 Å². The van der Waals surface area contributed by atoms with Gasteiger partial charge in [0.15, 0.2) is 0 Å². The molecule has 0 bridgehead atoms. The Labute approximate surface area is 114 Å². The average molecular weight is 273 g/mol. The number of hydrogen-bond donors (Lipinski definition) is 3. The van der Waals surface area contributed by atoms with Crippen molar-refractivity contribution in [3.8, 4) is 11.5 Å². The minimum atomic E-state index is -1.23. The van der Waals surface area contributed by atoms with E-state index in [1.54, 1.807) is 24.3 Å². The fourth-order valence-corrected chi connectivity index (χ4v) is 1.58. The summed E-state index contributed by atoms with van der Waals surface area (Å²) in [5.74, 6) is -1.89. The maximum Gasteiger partial charge on any atom is 0.335 e. The average Bonchev–Trinajstić information content (AvgIpc) is 2.41. The molecule has 0 aromatic heterocycles. The van der Waals surface area contributed by atoms with Crippen LogP contribution >= 0.6 is 0 Å². The number of aromatic carboxylic acids is 2. The highest BCUT2D eigenvalue weighted by Gasteiger charge is 2.12. The highest BCUT2D eigenvalue weighted by atomic mass is 16.5. The molecule has 0 saturated carbocycles. The van der Waals surface area contributed by atoms with Gasteiger partial charge in [-0.25, -0.2) is 9.59 Å². The lowest BCUT2D eigenvalue weighted by Gasteiger charge is -2.08. The van der Waals surface area contributed by atoms with Crippen LogP contribution in [0, 0.1) is 0 Å². The maximum atomic E-state index is 11.0. The predicted octanol–water partition coefficient (Wildman–Crippen LogP) is 2.46. The maximum absolute atomic E-state index is 11.0. The zero-order chi connectivity index (χ0) is 14.7. The van der Waals surface area contributed by atoms with Gasteiger partial charge in [0.05, 0.1) is 11.1 Å². The van der Waals surface area contributed by atoms with Crippen molar-refractivity contribution in [2.24, 2.45) is 0 Å². The fourth-order valence-electron chi connectivity index (χ4n) is 1.58. The molecule has 0 radical (unpaired) electrons. The smallest absolute Gasteiger partial charge is 0.335 e. The van der Waals surface area contributed by atoms with Crippen LogP contribution in [-0.2, 0) is 0 Å². The van der Waals surface area contributed by atoms with E-state index in [1.807, 2.05) is 0 Å². The Hall–Kier alpha value is -3.02. The predicted molar refractivity (Wildman–Crippen MR) is 71.3 cm³/mol. The van der Waals surface area contributed by atoms with Crippen molar-refractivity contribution in [3.05, 3.63) is 53.6 Å². The van der Waals surface area contributed by atoms with Crippen molar-refractivity contribution >= 4 is 17.6 Å². The van der Waals surface area contributed by atoms with Crippen LogP contribution in [0.25, 0.3) is 0 Å². The van der Waals surface area contributed by atoms with Crippen LogP contribution in [0.1, 0.15) is 20.7 Å². The Morgan fingerprint density at radius 2 is 1.35 bits per heavy atom. The number of carboxylic acid groups (broad SMARTS) is 2. The van der Waals surface area contributed by atoms with Crippen LogP contribution in [0.4, 0.5) is 5.69 Å². The molecular formula is C14H11NO5. The second-order valence-corrected chi connectivity index (χ2v) is 4.03. The van der Waals surface area contributed by atoms with Crippen LogP contribution in [-0.4, -0.2) is 22.2 Å². The quantitative estimate of drug-likeness (QED) is 0.738. The number of nitrogens with two attached hydrogens (primary N) is 1. The number of benzene rings is 2. The largest absolute Gasteiger partial charge is 0.478 e. The molecule has 0 amide bonds. The lowest BCUT2D eigenvalue weighted by Crippen LogP contribution is -2.03. The Kier molecular flexibility index (Phi) is 3.56. The first-order valence-electron chi connectivity index (χ1n) is 5.61. The van der Waals surface area contributed by atoms with E-state index < -0.39 is 11.9 Å². The number of anilines is 1. The topological polar surface area (TPSA) is 110 Å². The van der Waals surface area contributed by atoms with E-state index >= 15 is 0 Å². The third-order valence-electron chi connectivity index (χ3n) is 2.52. The van der Waals surface area contributed by atoms with E-state index in [9.17, 15) is 9.59 Å². The van der Waals surface area contributed by atoms with Crippen LogP contribution in [0.15, 0.2) is 42.5 Å². The summed E-state index contributed by atoms with van der Waals surface area (Å²) in [5, 5.41) is 17.9. The first-order valence-corrected chi connectivity index (χ1v) is 5.61. The van der Waals surface area contributed by atoms with Gasteiger partial charge in [-0.05, 0) is 42.5 Å². The highest BCUT2D eigenvalue weighted by molar-refractivity contribution is 5.94. The Morgan fingerprint density at radius 1 is 0.850 bits per heavy atom. The molecule has 0 fully saturated rings. The molecule has 4 N–H and O–H groups in total. The third kappa shape index (κ3) is 3.05. The molecule has 0 unspecified atom stereocenters. The summed E-state index contributed by atoms with van der Waals surface area (Å²) < 4.78 is 5.43. The second kappa shape index (κ2) is 5.31. The van der Waals surface area contributed by atoms with Crippen LogP contribution in [0.3, 0.4) is 0 Å². The molecule has 0 heterocycles. The standard InChI is InChI=1S/C14H11NO5/c15-10-1-3-11(4-2-10)20-12-6-8(13(16)17)5-9(7-12)14(18)19/h1-7H,15H2,(H,16,17)(H,18,19). The lowest BCUT2D eigenvalue weighted by atomic mass is 10.1. The zero-order valence-corrected chi connectivity index (χ0v) is 10.2. The van der Waals surface area contributed by atoms with E-state index in [2.05, 4.69) is 0 Å². The third-order valence-corrected chi connectivity index (χ3v) is 2.52. The molecule has 0 atom stereocenters. The second-order valence-electron chi connectivity index (χ2n) is 4.03. The number of carbonyl (C=O) groups is 2. The number of rotatable bonds is 4. The molecule has 6 heteroatoms. The van der Waals surface area contributed by atoms with Gasteiger partial charge < -0.3 is 20.7 Å². The fraction of sp³-hybridized carbons (Fsp3) is 0. The van der Waals surface area contributed by atoms with Crippen molar-refractivity contribution in [2.45, 2.75) is 0 Å². The minimum absolute atomic E-state index is 0.132. The van der Waals surface area contributed by atoms with Crippen molar-refractivity contribution in [3.63, 3.8) is 0 Å². The SMILES string of the molecule is Nc1ccc(Oc2cc(C(=O)O)cc(C(=O)O)c2)cc1. The summed E-state index contributed by atoms with van der Waals surface area (Å²) >= 11 is 0. The summed E-state index contributed by atoms with van der Waals surface area (Å²) in [4.78, 5) is 21.9. The van der Waals surface area contributed by atoms with Gasteiger partial charge in [-0.3, -0.25) is 0 Å². The molecule has 6 nitrogen and oxygen atoms in total. The number of carboxylic acids is 2. The van der Waals surface area contributed by atoms with Crippen molar-refractivity contribution in [1.29, 1.82) is 0 Å². The zero-order valence-electron chi connectivity index (χ0n) is 10.2. The van der Waals surface area contributed by atoms with Crippen LogP contribution in [0.2, 0.25) is 0 Å². The molecular weight excluding hydrogens is 262 g/mol. The van der Waals surface area contributed by atoms with Crippen molar-refractivity contribution in [2.75, 3.05) is 5.73 Å². The molecule has 0 saturated heterocycles. The lowest BCUT2D eigenvalue weighted by molar-refractivity contribution is 0.0696. The van der Waals surface area contributed by atoms with Gasteiger partial charge in [-0.15, -0.1) is 0 Å².